The lowest BCUT2D eigenvalue weighted by molar-refractivity contribution is -0.144. The van der Waals surface area contributed by atoms with Crippen LogP contribution in [0.4, 0.5) is 0 Å². The van der Waals surface area contributed by atoms with E-state index < -0.39 is 5.41 Å². The molecule has 2 amide bonds. The minimum atomic E-state index is -0.622. The van der Waals surface area contributed by atoms with Gasteiger partial charge in [-0.15, -0.1) is 0 Å². The number of nitrogens with one attached hydrogen (secondary N) is 1. The van der Waals surface area contributed by atoms with Gasteiger partial charge in [-0.2, -0.15) is 0 Å². The van der Waals surface area contributed by atoms with Crippen molar-refractivity contribution in [2.75, 3.05) is 33.4 Å². The third-order valence-electron chi connectivity index (χ3n) is 5.84. The summed E-state index contributed by atoms with van der Waals surface area (Å²) in [4.78, 5) is 27.4. The van der Waals surface area contributed by atoms with E-state index in [-0.39, 0.29) is 18.4 Å². The summed E-state index contributed by atoms with van der Waals surface area (Å²) in [6.07, 6.45) is 2.18. The number of aryl methyl sites for hydroxylation is 1. The molecule has 0 saturated carbocycles. The smallest absolute Gasteiger partial charge is 0.248 e. The van der Waals surface area contributed by atoms with E-state index in [1.165, 1.54) is 18.2 Å². The summed E-state index contributed by atoms with van der Waals surface area (Å²) in [6, 6.07) is 16.8. The molecular weight excluding hydrogens is 376 g/mol. The van der Waals surface area contributed by atoms with E-state index in [2.05, 4.69) is 60.8 Å². The maximum atomic E-state index is 13.2. The third kappa shape index (κ3) is 5.08. The molecule has 1 heterocycles. The second-order valence-electron chi connectivity index (χ2n) is 8.24. The second-order valence-corrected chi connectivity index (χ2v) is 8.24. The van der Waals surface area contributed by atoms with Crippen LogP contribution in [0.25, 0.3) is 11.1 Å². The summed E-state index contributed by atoms with van der Waals surface area (Å²) < 4.78 is 5.03. The SMILES string of the molecule is CCNC(=O)C1(Cc2cccc(-c3cccc(C)c3)c2)CCCN(C(=O)COC)C1. The third-order valence-corrected chi connectivity index (χ3v) is 5.84. The Balaban J connectivity index is 1.89. The number of likely N-dealkylation sites (tertiary alicyclic amines) is 1. The quantitative estimate of drug-likeness (QED) is 0.762. The molecule has 0 aliphatic carbocycles. The summed E-state index contributed by atoms with van der Waals surface area (Å²) in [7, 11) is 1.52. The van der Waals surface area contributed by atoms with Crippen molar-refractivity contribution in [1.82, 2.24) is 10.2 Å². The van der Waals surface area contributed by atoms with Gasteiger partial charge in [0.25, 0.3) is 0 Å². The molecule has 0 bridgehead atoms. The van der Waals surface area contributed by atoms with Gasteiger partial charge < -0.3 is 15.0 Å². The van der Waals surface area contributed by atoms with Crippen LogP contribution < -0.4 is 5.32 Å². The van der Waals surface area contributed by atoms with Gasteiger partial charge in [0.15, 0.2) is 0 Å². The Morgan fingerprint density at radius 3 is 2.57 bits per heavy atom. The van der Waals surface area contributed by atoms with Gasteiger partial charge in [-0.3, -0.25) is 9.59 Å². The predicted molar refractivity (Wildman–Crippen MR) is 119 cm³/mol. The molecule has 160 valence electrons. The maximum Gasteiger partial charge on any atom is 0.248 e. The topological polar surface area (TPSA) is 58.6 Å². The summed E-state index contributed by atoms with van der Waals surface area (Å²) in [5.74, 6) is -0.0275. The van der Waals surface area contributed by atoms with Gasteiger partial charge in [-0.05, 0) is 49.8 Å². The summed E-state index contributed by atoms with van der Waals surface area (Å²) >= 11 is 0. The van der Waals surface area contributed by atoms with Crippen molar-refractivity contribution in [3.05, 3.63) is 59.7 Å². The Bertz CT molecular complexity index is 895. The van der Waals surface area contributed by atoms with Crippen LogP contribution in [0.2, 0.25) is 0 Å². The molecule has 0 radical (unpaired) electrons. The largest absolute Gasteiger partial charge is 0.375 e. The number of methoxy groups -OCH3 is 1. The van der Waals surface area contributed by atoms with E-state index in [9.17, 15) is 9.59 Å². The Morgan fingerprint density at radius 2 is 1.87 bits per heavy atom. The number of carbonyl (C=O) groups is 2. The standard InChI is InChI=1S/C25H32N2O3/c1-4-26-24(29)25(12-7-13-27(18-25)23(28)17-30-3)16-20-9-6-11-22(15-20)21-10-5-8-19(2)14-21/h5-6,8-11,14-15H,4,7,12-13,16-18H2,1-3H3,(H,26,29). The molecule has 5 heteroatoms. The van der Waals surface area contributed by atoms with Crippen molar-refractivity contribution in [2.24, 2.45) is 5.41 Å². The van der Waals surface area contributed by atoms with E-state index in [0.29, 0.717) is 26.1 Å². The van der Waals surface area contributed by atoms with Crippen molar-refractivity contribution >= 4 is 11.8 Å². The molecule has 1 atom stereocenters. The lowest BCUT2D eigenvalue weighted by atomic mass is 9.74. The number of carbonyl (C=O) groups excluding carboxylic acids is 2. The minimum Gasteiger partial charge on any atom is -0.375 e. The first-order valence-corrected chi connectivity index (χ1v) is 10.7. The van der Waals surface area contributed by atoms with Gasteiger partial charge in [-0.1, -0.05) is 54.1 Å². The Labute approximate surface area is 179 Å². The Kier molecular flexibility index (Phi) is 7.27. The minimum absolute atomic E-state index is 0.0286. The number of nitrogens with zero attached hydrogens (tertiary/aromatic N) is 1. The Morgan fingerprint density at radius 1 is 1.13 bits per heavy atom. The zero-order valence-corrected chi connectivity index (χ0v) is 18.2. The fraction of sp³-hybridized carbons (Fsp3) is 0.440. The first kappa shape index (κ1) is 22.0. The highest BCUT2D eigenvalue weighted by Crippen LogP contribution is 2.35. The molecule has 1 saturated heterocycles. The van der Waals surface area contributed by atoms with Crippen LogP contribution in [-0.2, 0) is 20.7 Å². The second kappa shape index (κ2) is 9.90. The van der Waals surface area contributed by atoms with Crippen LogP contribution in [0, 0.1) is 12.3 Å². The van der Waals surface area contributed by atoms with Gasteiger partial charge in [-0.25, -0.2) is 0 Å². The molecule has 1 aliphatic rings. The molecular formula is C25H32N2O3. The molecule has 0 aromatic heterocycles. The van der Waals surface area contributed by atoms with Crippen LogP contribution in [-0.4, -0.2) is 50.1 Å². The van der Waals surface area contributed by atoms with Gasteiger partial charge in [0, 0.05) is 26.7 Å². The highest BCUT2D eigenvalue weighted by atomic mass is 16.5. The lowest BCUT2D eigenvalue weighted by Gasteiger charge is -2.42. The molecule has 1 fully saturated rings. The van der Waals surface area contributed by atoms with Crippen molar-refractivity contribution in [3.63, 3.8) is 0 Å². The number of hydrogen-bond acceptors (Lipinski definition) is 3. The van der Waals surface area contributed by atoms with E-state index in [1.807, 2.05) is 6.92 Å². The highest BCUT2D eigenvalue weighted by Gasteiger charge is 2.43. The summed E-state index contributed by atoms with van der Waals surface area (Å²) in [6.45, 7) is 5.75. The van der Waals surface area contributed by atoms with Crippen molar-refractivity contribution in [2.45, 2.75) is 33.1 Å². The van der Waals surface area contributed by atoms with E-state index in [4.69, 9.17) is 4.74 Å². The molecule has 2 aromatic carbocycles. The zero-order valence-electron chi connectivity index (χ0n) is 18.2. The number of rotatable bonds is 7. The molecule has 30 heavy (non-hydrogen) atoms. The molecule has 0 spiro atoms. The van der Waals surface area contributed by atoms with Gasteiger partial charge in [0.2, 0.25) is 11.8 Å². The van der Waals surface area contributed by atoms with Gasteiger partial charge in [0.05, 0.1) is 5.41 Å². The normalized spacial score (nSPS) is 18.8. The monoisotopic (exact) mass is 408 g/mol. The zero-order chi connectivity index (χ0) is 21.6. The van der Waals surface area contributed by atoms with Gasteiger partial charge >= 0.3 is 0 Å². The molecule has 5 nitrogen and oxygen atoms in total. The van der Waals surface area contributed by atoms with Crippen molar-refractivity contribution in [1.29, 1.82) is 0 Å². The van der Waals surface area contributed by atoms with Crippen molar-refractivity contribution in [3.8, 4) is 11.1 Å². The van der Waals surface area contributed by atoms with Crippen LogP contribution in [0.5, 0.6) is 0 Å². The van der Waals surface area contributed by atoms with Crippen LogP contribution in [0.3, 0.4) is 0 Å². The molecule has 1 aliphatic heterocycles. The molecule has 3 rings (SSSR count). The predicted octanol–water partition coefficient (Wildman–Crippen LogP) is 3.60. The molecule has 1 N–H and O–H groups in total. The number of piperidine rings is 1. The Hall–Kier alpha value is -2.66. The average Bonchev–Trinajstić information content (AvgIpc) is 2.74. The maximum absolute atomic E-state index is 13.2. The molecule has 2 aromatic rings. The lowest BCUT2D eigenvalue weighted by Crippen LogP contribution is -2.55. The van der Waals surface area contributed by atoms with Crippen LogP contribution in [0.15, 0.2) is 48.5 Å². The number of benzene rings is 2. The summed E-state index contributed by atoms with van der Waals surface area (Å²) in [5, 5.41) is 3.01. The highest BCUT2D eigenvalue weighted by molar-refractivity contribution is 5.85. The fourth-order valence-corrected chi connectivity index (χ4v) is 4.39. The fourth-order valence-electron chi connectivity index (χ4n) is 4.39. The van der Waals surface area contributed by atoms with E-state index >= 15 is 0 Å². The van der Waals surface area contributed by atoms with Crippen LogP contribution in [0.1, 0.15) is 30.9 Å². The van der Waals surface area contributed by atoms with E-state index in [1.54, 1.807) is 4.90 Å². The van der Waals surface area contributed by atoms with Crippen molar-refractivity contribution < 1.29 is 14.3 Å². The number of amides is 2. The first-order valence-electron chi connectivity index (χ1n) is 10.7. The first-order chi connectivity index (χ1) is 14.5. The van der Waals surface area contributed by atoms with Crippen LogP contribution >= 0.6 is 0 Å². The van der Waals surface area contributed by atoms with Gasteiger partial charge in [0.1, 0.15) is 6.61 Å². The average molecular weight is 409 g/mol. The van der Waals surface area contributed by atoms with E-state index in [0.717, 1.165) is 24.0 Å². The number of ether oxygens (including phenoxy) is 1. The molecule has 1 unspecified atom stereocenters. The summed E-state index contributed by atoms with van der Waals surface area (Å²) in [5.41, 5.74) is 4.02. The number of hydrogen-bond donors (Lipinski definition) is 1.